The van der Waals surface area contributed by atoms with Crippen LogP contribution in [0, 0.1) is 10.1 Å². The van der Waals surface area contributed by atoms with Gasteiger partial charge in [-0.1, -0.05) is 13.0 Å². The molecule has 0 radical (unpaired) electrons. The lowest BCUT2D eigenvalue weighted by Gasteiger charge is -2.06. The first-order valence-corrected chi connectivity index (χ1v) is 4.46. The fourth-order valence-corrected chi connectivity index (χ4v) is 1.29. The molecule has 0 N–H and O–H groups in total. The van der Waals surface area contributed by atoms with E-state index in [4.69, 9.17) is 4.74 Å². The molecule has 0 saturated carbocycles. The Morgan fingerprint density at radius 3 is 2.67 bits per heavy atom. The lowest BCUT2D eigenvalue weighted by Crippen LogP contribution is -2.03. The van der Waals surface area contributed by atoms with Gasteiger partial charge < -0.3 is 4.74 Å². The van der Waals surface area contributed by atoms with Crippen LogP contribution in [0.2, 0.25) is 0 Å². The average molecular weight is 209 g/mol. The Morgan fingerprint density at radius 2 is 2.20 bits per heavy atom. The number of para-hydroxylation sites is 1. The Labute approximate surface area is 86.8 Å². The smallest absolute Gasteiger partial charge is 0.311 e. The minimum atomic E-state index is -0.564. The van der Waals surface area contributed by atoms with E-state index < -0.39 is 4.92 Å². The molecule has 0 aliphatic rings. The molecule has 5 heteroatoms. The lowest BCUT2D eigenvalue weighted by atomic mass is 10.1. The summed E-state index contributed by atoms with van der Waals surface area (Å²) in [7, 11) is 1.31. The van der Waals surface area contributed by atoms with Gasteiger partial charge in [0.1, 0.15) is 0 Å². The highest BCUT2D eigenvalue weighted by atomic mass is 16.6. The maximum absolute atomic E-state index is 11.5. The van der Waals surface area contributed by atoms with Gasteiger partial charge in [0, 0.05) is 12.5 Å². The SMILES string of the molecule is CCC(=O)c1cccc([N+](=O)[O-])c1OC. The molecule has 1 aromatic rings. The molecule has 0 spiro atoms. The van der Waals surface area contributed by atoms with Gasteiger partial charge in [0.05, 0.1) is 17.6 Å². The zero-order chi connectivity index (χ0) is 11.4. The van der Waals surface area contributed by atoms with Crippen LogP contribution in [0.15, 0.2) is 18.2 Å². The number of nitrogens with zero attached hydrogens (tertiary/aromatic N) is 1. The van der Waals surface area contributed by atoms with E-state index in [1.165, 1.54) is 25.3 Å². The fraction of sp³-hybridized carbons (Fsp3) is 0.300. The highest BCUT2D eigenvalue weighted by Crippen LogP contribution is 2.31. The van der Waals surface area contributed by atoms with Gasteiger partial charge in [-0.05, 0) is 6.07 Å². The number of rotatable bonds is 4. The fourth-order valence-electron chi connectivity index (χ4n) is 1.29. The number of nitro benzene ring substituents is 1. The molecule has 5 nitrogen and oxygen atoms in total. The summed E-state index contributed by atoms with van der Waals surface area (Å²) in [5.74, 6) is -0.134. The molecule has 0 amide bonds. The summed E-state index contributed by atoms with van der Waals surface area (Å²) in [6, 6.07) is 4.31. The number of Topliss-reactive ketones (excluding diaryl/α,β-unsaturated/α-hetero) is 1. The van der Waals surface area contributed by atoms with E-state index in [-0.39, 0.29) is 29.2 Å². The third-order valence-electron chi connectivity index (χ3n) is 2.02. The van der Waals surface area contributed by atoms with Crippen LogP contribution in [0.4, 0.5) is 5.69 Å². The number of hydrogen-bond acceptors (Lipinski definition) is 4. The molecule has 15 heavy (non-hydrogen) atoms. The molecule has 0 aliphatic heterocycles. The van der Waals surface area contributed by atoms with Crippen molar-refractivity contribution in [2.24, 2.45) is 0 Å². The summed E-state index contributed by atoms with van der Waals surface area (Å²) in [6.45, 7) is 1.70. The number of nitro groups is 1. The Balaban J connectivity index is 3.34. The molecule has 80 valence electrons. The summed E-state index contributed by atoms with van der Waals surface area (Å²) in [4.78, 5) is 21.6. The summed E-state index contributed by atoms with van der Waals surface area (Å²) in [5.41, 5.74) is 0.0750. The number of ketones is 1. The third-order valence-corrected chi connectivity index (χ3v) is 2.02. The second kappa shape index (κ2) is 4.54. The van der Waals surface area contributed by atoms with Gasteiger partial charge in [0.2, 0.25) is 5.75 Å². The van der Waals surface area contributed by atoms with Crippen LogP contribution < -0.4 is 4.74 Å². The first-order valence-electron chi connectivity index (χ1n) is 4.46. The molecule has 0 aromatic heterocycles. The Hall–Kier alpha value is -1.91. The van der Waals surface area contributed by atoms with E-state index in [2.05, 4.69) is 0 Å². The molecule has 0 saturated heterocycles. The second-order valence-corrected chi connectivity index (χ2v) is 2.89. The van der Waals surface area contributed by atoms with Crippen LogP contribution in [-0.2, 0) is 0 Å². The first-order chi connectivity index (χ1) is 7.11. The predicted octanol–water partition coefficient (Wildman–Crippen LogP) is 2.20. The van der Waals surface area contributed by atoms with Crippen LogP contribution in [0.3, 0.4) is 0 Å². The molecule has 0 atom stereocenters. The number of carbonyl (C=O) groups excluding carboxylic acids is 1. The van der Waals surface area contributed by atoms with Crippen molar-refractivity contribution in [3.05, 3.63) is 33.9 Å². The van der Waals surface area contributed by atoms with Crippen molar-refractivity contribution in [2.75, 3.05) is 7.11 Å². The zero-order valence-corrected chi connectivity index (χ0v) is 8.52. The number of ether oxygens (including phenoxy) is 1. The molecule has 0 bridgehead atoms. The topological polar surface area (TPSA) is 69.4 Å². The Kier molecular flexibility index (Phi) is 3.38. The lowest BCUT2D eigenvalue weighted by molar-refractivity contribution is -0.385. The van der Waals surface area contributed by atoms with E-state index in [1.807, 2.05) is 0 Å². The minimum absolute atomic E-state index is 0.0364. The molecule has 0 heterocycles. The van der Waals surface area contributed by atoms with Gasteiger partial charge in [-0.15, -0.1) is 0 Å². The quantitative estimate of drug-likeness (QED) is 0.433. The van der Waals surface area contributed by atoms with Crippen LogP contribution in [0.1, 0.15) is 23.7 Å². The Bertz CT molecular complexity index is 400. The standard InChI is InChI=1S/C10H11NO4/c1-3-9(12)7-5-4-6-8(11(13)14)10(7)15-2/h4-6H,3H2,1-2H3. The van der Waals surface area contributed by atoms with Crippen LogP contribution in [-0.4, -0.2) is 17.8 Å². The molecule has 0 unspecified atom stereocenters. The summed E-state index contributed by atoms with van der Waals surface area (Å²) in [6.07, 6.45) is 0.289. The van der Waals surface area contributed by atoms with Crippen molar-refractivity contribution < 1.29 is 14.5 Å². The van der Waals surface area contributed by atoms with E-state index in [1.54, 1.807) is 6.92 Å². The highest BCUT2D eigenvalue weighted by Gasteiger charge is 2.21. The second-order valence-electron chi connectivity index (χ2n) is 2.89. The van der Waals surface area contributed by atoms with Gasteiger partial charge in [0.25, 0.3) is 0 Å². The van der Waals surface area contributed by atoms with E-state index in [0.29, 0.717) is 0 Å². The van der Waals surface area contributed by atoms with Crippen LogP contribution in [0.5, 0.6) is 5.75 Å². The van der Waals surface area contributed by atoms with Crippen LogP contribution in [0.25, 0.3) is 0 Å². The van der Waals surface area contributed by atoms with Gasteiger partial charge >= 0.3 is 5.69 Å². The van der Waals surface area contributed by atoms with Crippen molar-refractivity contribution in [1.29, 1.82) is 0 Å². The van der Waals surface area contributed by atoms with Gasteiger partial charge in [0.15, 0.2) is 5.78 Å². The molecular weight excluding hydrogens is 198 g/mol. The summed E-state index contributed by atoms with van der Waals surface area (Å²) >= 11 is 0. The van der Waals surface area contributed by atoms with Crippen LogP contribution >= 0.6 is 0 Å². The third kappa shape index (κ3) is 2.12. The highest BCUT2D eigenvalue weighted by molar-refractivity contribution is 5.99. The summed E-state index contributed by atoms with van der Waals surface area (Å²) < 4.78 is 4.90. The van der Waals surface area contributed by atoms with Gasteiger partial charge in [-0.25, -0.2) is 0 Å². The monoisotopic (exact) mass is 209 g/mol. The van der Waals surface area contributed by atoms with E-state index in [9.17, 15) is 14.9 Å². The predicted molar refractivity (Wildman–Crippen MR) is 54.3 cm³/mol. The normalized spacial score (nSPS) is 9.73. The zero-order valence-electron chi connectivity index (χ0n) is 8.52. The van der Waals surface area contributed by atoms with Gasteiger partial charge in [-0.2, -0.15) is 0 Å². The maximum Gasteiger partial charge on any atom is 0.311 e. The molecule has 1 aromatic carbocycles. The van der Waals surface area contributed by atoms with Crippen molar-refractivity contribution in [1.82, 2.24) is 0 Å². The maximum atomic E-state index is 11.5. The average Bonchev–Trinajstić information content (AvgIpc) is 2.26. The Morgan fingerprint density at radius 1 is 1.53 bits per heavy atom. The van der Waals surface area contributed by atoms with Crippen molar-refractivity contribution in [3.8, 4) is 5.75 Å². The first kappa shape index (κ1) is 11.2. The summed E-state index contributed by atoms with van der Waals surface area (Å²) in [5, 5.41) is 10.7. The van der Waals surface area contributed by atoms with Crippen molar-refractivity contribution in [3.63, 3.8) is 0 Å². The van der Waals surface area contributed by atoms with E-state index >= 15 is 0 Å². The molecular formula is C10H11NO4. The number of carbonyl (C=O) groups is 1. The molecule has 1 rings (SSSR count). The largest absolute Gasteiger partial charge is 0.490 e. The number of benzene rings is 1. The van der Waals surface area contributed by atoms with Crippen molar-refractivity contribution >= 4 is 11.5 Å². The number of hydrogen-bond donors (Lipinski definition) is 0. The van der Waals surface area contributed by atoms with E-state index in [0.717, 1.165) is 0 Å². The van der Waals surface area contributed by atoms with Gasteiger partial charge in [-0.3, -0.25) is 14.9 Å². The number of methoxy groups -OCH3 is 1. The molecule has 0 aliphatic carbocycles. The molecule has 0 fully saturated rings. The minimum Gasteiger partial charge on any atom is -0.490 e. The van der Waals surface area contributed by atoms with Crippen molar-refractivity contribution in [2.45, 2.75) is 13.3 Å².